The minimum absolute atomic E-state index is 0.610. The van der Waals surface area contributed by atoms with E-state index >= 15 is 0 Å². The van der Waals surface area contributed by atoms with Crippen molar-refractivity contribution in [3.05, 3.63) is 182 Å². The molecule has 0 fully saturated rings. The smallest absolute Gasteiger partial charge is 0.165 e. The van der Waals surface area contributed by atoms with Gasteiger partial charge in [-0.05, 0) is 81.6 Å². The third-order valence-corrected chi connectivity index (χ3v) is 13.8. The Labute approximate surface area is 352 Å². The summed E-state index contributed by atoms with van der Waals surface area (Å²) in [6.45, 7) is 0. The van der Waals surface area contributed by atoms with E-state index in [1.165, 1.54) is 70.3 Å². The second kappa shape index (κ2) is 12.3. The number of rotatable bonds is 4. The molecule has 0 saturated carbocycles. The zero-order valence-corrected chi connectivity index (χ0v) is 33.2. The average molecular weight is 795 g/mol. The molecule has 4 aromatic heterocycles. The van der Waals surface area contributed by atoms with Crippen LogP contribution in [0.5, 0.6) is 0 Å². The molecule has 0 N–H and O–H groups in total. The Balaban J connectivity index is 0.994. The number of para-hydroxylation sites is 1. The molecule has 0 radical (unpaired) electrons. The maximum absolute atomic E-state index is 6.29. The molecule has 6 heteroatoms. The maximum atomic E-state index is 6.29. The number of hydrogen-bond acceptors (Lipinski definition) is 5. The Morgan fingerprint density at radius 1 is 0.393 bits per heavy atom. The summed E-state index contributed by atoms with van der Waals surface area (Å²) in [6.07, 6.45) is 0. The number of nitrogens with zero attached hydrogens (tertiary/aromatic N) is 4. The van der Waals surface area contributed by atoms with Crippen LogP contribution in [0.1, 0.15) is 0 Å². The number of aromatic nitrogens is 4. The van der Waals surface area contributed by atoms with Gasteiger partial charge in [0.05, 0.1) is 11.0 Å². The summed E-state index contributed by atoms with van der Waals surface area (Å²) >= 11 is 1.79. The molecule has 282 valence electrons. The van der Waals surface area contributed by atoms with E-state index in [4.69, 9.17) is 19.4 Å². The summed E-state index contributed by atoms with van der Waals surface area (Å²) in [5, 5.41) is 9.60. The summed E-state index contributed by atoms with van der Waals surface area (Å²) < 4.78 is 11.1. The largest absolute Gasteiger partial charge is 0.456 e. The molecular weight excluding hydrogens is 765 g/mol. The minimum atomic E-state index is 0.610. The molecule has 0 saturated heterocycles. The van der Waals surface area contributed by atoms with E-state index < -0.39 is 0 Å². The normalized spacial score (nSPS) is 12.3. The van der Waals surface area contributed by atoms with Crippen LogP contribution in [0.25, 0.3) is 137 Å². The third kappa shape index (κ3) is 4.62. The van der Waals surface area contributed by atoms with Crippen molar-refractivity contribution in [2.75, 3.05) is 0 Å². The molecule has 0 amide bonds. The van der Waals surface area contributed by atoms with Gasteiger partial charge in [-0.1, -0.05) is 133 Å². The predicted octanol–water partition coefficient (Wildman–Crippen LogP) is 15.0. The predicted molar refractivity (Wildman–Crippen MR) is 253 cm³/mol. The third-order valence-electron chi connectivity index (χ3n) is 12.6. The van der Waals surface area contributed by atoms with Gasteiger partial charge in [0, 0.05) is 64.1 Å². The van der Waals surface area contributed by atoms with Gasteiger partial charge in [-0.3, -0.25) is 0 Å². The van der Waals surface area contributed by atoms with Crippen LogP contribution in [0.2, 0.25) is 0 Å². The van der Waals surface area contributed by atoms with Crippen LogP contribution in [0.15, 0.2) is 186 Å². The van der Waals surface area contributed by atoms with Gasteiger partial charge >= 0.3 is 0 Å². The molecule has 1 aliphatic rings. The lowest BCUT2D eigenvalue weighted by Crippen LogP contribution is -2.00. The summed E-state index contributed by atoms with van der Waals surface area (Å²) in [5.41, 5.74) is 13.1. The monoisotopic (exact) mass is 794 g/mol. The molecule has 9 aromatic carbocycles. The summed E-state index contributed by atoms with van der Waals surface area (Å²) in [4.78, 5) is 15.6. The van der Waals surface area contributed by atoms with Gasteiger partial charge in [0.15, 0.2) is 17.5 Å². The topological polar surface area (TPSA) is 56.7 Å². The fourth-order valence-corrected chi connectivity index (χ4v) is 11.2. The molecule has 0 bridgehead atoms. The van der Waals surface area contributed by atoms with Gasteiger partial charge in [-0.15, -0.1) is 11.3 Å². The average Bonchev–Trinajstić information content (AvgIpc) is 3.98. The van der Waals surface area contributed by atoms with E-state index in [1.54, 1.807) is 11.3 Å². The van der Waals surface area contributed by atoms with E-state index in [0.717, 1.165) is 49.0 Å². The van der Waals surface area contributed by atoms with E-state index in [2.05, 4.69) is 138 Å². The van der Waals surface area contributed by atoms with Crippen LogP contribution in [0.4, 0.5) is 0 Å². The van der Waals surface area contributed by atoms with Crippen LogP contribution >= 0.6 is 11.3 Å². The maximum Gasteiger partial charge on any atom is 0.165 e. The van der Waals surface area contributed by atoms with Crippen LogP contribution in [-0.2, 0) is 0 Å². The number of hydrogen-bond donors (Lipinski definition) is 0. The van der Waals surface area contributed by atoms with E-state index in [-0.39, 0.29) is 0 Å². The molecule has 0 spiro atoms. The van der Waals surface area contributed by atoms with E-state index in [1.807, 2.05) is 48.5 Å². The molecule has 4 heterocycles. The first-order valence-corrected chi connectivity index (χ1v) is 21.3. The number of benzene rings is 9. The quantitative estimate of drug-likeness (QED) is 0.178. The Hall–Kier alpha value is -7.93. The first kappa shape index (κ1) is 33.0. The van der Waals surface area contributed by atoms with Gasteiger partial charge < -0.3 is 8.98 Å². The van der Waals surface area contributed by atoms with Crippen molar-refractivity contribution in [1.82, 2.24) is 19.5 Å². The Bertz CT molecular complexity index is 4010. The lowest BCUT2D eigenvalue weighted by atomic mass is 9.93. The fraction of sp³-hybridized carbons (Fsp3) is 0. The van der Waals surface area contributed by atoms with Gasteiger partial charge in [0.2, 0.25) is 0 Å². The van der Waals surface area contributed by atoms with Crippen molar-refractivity contribution in [2.45, 2.75) is 0 Å². The van der Waals surface area contributed by atoms with Crippen molar-refractivity contribution in [2.24, 2.45) is 0 Å². The zero-order chi connectivity index (χ0) is 39.8. The highest BCUT2D eigenvalue weighted by Gasteiger charge is 2.25. The second-order valence-corrected chi connectivity index (χ2v) is 16.9. The highest BCUT2D eigenvalue weighted by Crippen LogP contribution is 2.50. The molecule has 14 rings (SSSR count). The van der Waals surface area contributed by atoms with Crippen LogP contribution in [0, 0.1) is 0 Å². The van der Waals surface area contributed by atoms with E-state index in [9.17, 15) is 0 Å². The lowest BCUT2D eigenvalue weighted by Gasteiger charge is -2.13. The highest BCUT2D eigenvalue weighted by atomic mass is 32.1. The standard InChI is InChI=1S/C55H30N4OS/c1-2-12-32(13-3-1)53-56-54(40-21-11-25-46-49(40)39-17-6-7-24-45(39)60-46)58-55(57-53)41-22-9-20-38-42-30-33(27-29-47(42)61-52(38)41)59-43-23-10-19-37-35-16-5-4-15-34(35)36-18-8-14-31-26-28-44(59)51(48(31)36)50(37)43/h1-30H. The highest BCUT2D eigenvalue weighted by molar-refractivity contribution is 7.26. The number of fused-ring (bicyclic) bond motifs is 9. The molecule has 5 nitrogen and oxygen atoms in total. The number of furan rings is 1. The van der Waals surface area contributed by atoms with Gasteiger partial charge in [0.25, 0.3) is 0 Å². The van der Waals surface area contributed by atoms with Crippen LogP contribution < -0.4 is 0 Å². The molecular formula is C55H30N4OS. The summed E-state index contributed by atoms with van der Waals surface area (Å²) in [5.74, 6) is 1.87. The van der Waals surface area contributed by atoms with E-state index in [0.29, 0.717) is 17.5 Å². The Morgan fingerprint density at radius 2 is 1.03 bits per heavy atom. The lowest BCUT2D eigenvalue weighted by molar-refractivity contribution is 0.669. The Morgan fingerprint density at radius 3 is 1.92 bits per heavy atom. The second-order valence-electron chi connectivity index (χ2n) is 15.9. The van der Waals surface area contributed by atoms with Gasteiger partial charge in [0.1, 0.15) is 11.2 Å². The van der Waals surface area contributed by atoms with Crippen molar-refractivity contribution < 1.29 is 4.42 Å². The Kier molecular flexibility index (Phi) is 6.65. The molecule has 0 aliphatic heterocycles. The molecule has 61 heavy (non-hydrogen) atoms. The minimum Gasteiger partial charge on any atom is -0.456 e. The van der Waals surface area contributed by atoms with Crippen molar-refractivity contribution in [3.8, 4) is 62.1 Å². The van der Waals surface area contributed by atoms with Crippen LogP contribution in [0.3, 0.4) is 0 Å². The molecule has 0 unspecified atom stereocenters. The van der Waals surface area contributed by atoms with Crippen LogP contribution in [-0.4, -0.2) is 19.5 Å². The SMILES string of the molecule is c1ccc(-c2nc(-c3cccc4c3sc3ccc(-n5c6cccc7c6c6c8c(cccc8ccc65)-c5ccccc5-7)cc34)nc(-c3cccc4oc5ccccc5c34)n2)cc1. The molecule has 1 aliphatic carbocycles. The fourth-order valence-electron chi connectivity index (χ4n) is 10.0. The molecule has 13 aromatic rings. The first-order valence-electron chi connectivity index (χ1n) is 20.5. The molecule has 0 atom stereocenters. The summed E-state index contributed by atoms with van der Waals surface area (Å²) in [6, 6.07) is 64.9. The number of thiophene rings is 1. The van der Waals surface area contributed by atoms with Crippen molar-refractivity contribution in [1.29, 1.82) is 0 Å². The van der Waals surface area contributed by atoms with Crippen molar-refractivity contribution >= 4 is 86.0 Å². The van der Waals surface area contributed by atoms with Gasteiger partial charge in [-0.2, -0.15) is 0 Å². The first-order chi connectivity index (χ1) is 30.2. The van der Waals surface area contributed by atoms with Gasteiger partial charge in [-0.25, -0.2) is 15.0 Å². The summed E-state index contributed by atoms with van der Waals surface area (Å²) in [7, 11) is 0. The van der Waals surface area contributed by atoms with Crippen molar-refractivity contribution in [3.63, 3.8) is 0 Å². The zero-order valence-electron chi connectivity index (χ0n) is 32.4.